The Hall–Kier alpha value is -2.20. The predicted octanol–water partition coefficient (Wildman–Crippen LogP) is 3.54. The van der Waals surface area contributed by atoms with Crippen molar-refractivity contribution in [3.63, 3.8) is 0 Å². The van der Waals surface area contributed by atoms with Crippen LogP contribution in [0.3, 0.4) is 0 Å². The fourth-order valence-corrected chi connectivity index (χ4v) is 2.41. The first-order valence-electron chi connectivity index (χ1n) is 7.76. The number of rotatable bonds is 7. The largest absolute Gasteiger partial charge is 0.497 e. The van der Waals surface area contributed by atoms with Gasteiger partial charge in [0.25, 0.3) is 0 Å². The molecule has 0 amide bonds. The lowest BCUT2D eigenvalue weighted by atomic mass is 10.1. The molecule has 4 heteroatoms. The molecule has 0 atom stereocenters. The van der Waals surface area contributed by atoms with Crippen LogP contribution in [-0.4, -0.2) is 20.3 Å². The molecule has 0 aliphatic carbocycles. The van der Waals surface area contributed by atoms with Gasteiger partial charge in [-0.3, -0.25) is 0 Å². The van der Waals surface area contributed by atoms with Gasteiger partial charge in [0.2, 0.25) is 0 Å². The minimum Gasteiger partial charge on any atom is -0.497 e. The van der Waals surface area contributed by atoms with E-state index < -0.39 is 0 Å². The van der Waals surface area contributed by atoms with E-state index in [2.05, 4.69) is 32.9 Å². The van der Waals surface area contributed by atoms with Crippen LogP contribution in [0, 0.1) is 20.8 Å². The van der Waals surface area contributed by atoms with E-state index in [0.29, 0.717) is 19.8 Å². The molecule has 0 saturated carbocycles. The lowest BCUT2D eigenvalue weighted by Crippen LogP contribution is -2.12. The van der Waals surface area contributed by atoms with E-state index in [9.17, 15) is 0 Å². The first kappa shape index (κ1) is 17.2. The summed E-state index contributed by atoms with van der Waals surface area (Å²) in [6, 6.07) is 9.84. The monoisotopic (exact) mass is 315 g/mol. The third-order valence-corrected chi connectivity index (χ3v) is 3.96. The zero-order valence-electron chi connectivity index (χ0n) is 14.3. The maximum atomic E-state index is 5.91. The summed E-state index contributed by atoms with van der Waals surface area (Å²) in [4.78, 5) is 0. The van der Waals surface area contributed by atoms with Gasteiger partial charge in [0.15, 0.2) is 0 Å². The summed E-state index contributed by atoms with van der Waals surface area (Å²) in [5.41, 5.74) is 10.2. The molecule has 0 fully saturated rings. The summed E-state index contributed by atoms with van der Waals surface area (Å²) in [5.74, 6) is 2.44. The van der Waals surface area contributed by atoms with Gasteiger partial charge in [-0.05, 0) is 43.5 Å². The van der Waals surface area contributed by atoms with Crippen molar-refractivity contribution in [2.24, 2.45) is 5.73 Å². The zero-order chi connectivity index (χ0) is 16.8. The molecule has 0 aliphatic rings. The Morgan fingerprint density at radius 1 is 0.913 bits per heavy atom. The molecule has 2 N–H and O–H groups in total. The van der Waals surface area contributed by atoms with E-state index in [0.717, 1.165) is 28.4 Å². The minimum absolute atomic E-state index is 0.427. The van der Waals surface area contributed by atoms with Crippen molar-refractivity contribution in [1.29, 1.82) is 0 Å². The molecule has 0 unspecified atom stereocenters. The fraction of sp³-hybridized carbons (Fsp3) is 0.368. The smallest absolute Gasteiger partial charge is 0.127 e. The van der Waals surface area contributed by atoms with E-state index >= 15 is 0 Å². The van der Waals surface area contributed by atoms with Crippen LogP contribution in [0.4, 0.5) is 0 Å². The van der Waals surface area contributed by atoms with Crippen molar-refractivity contribution < 1.29 is 14.2 Å². The van der Waals surface area contributed by atoms with Gasteiger partial charge in [-0.1, -0.05) is 18.2 Å². The molecular formula is C19H25NO3. The third kappa shape index (κ3) is 4.17. The first-order chi connectivity index (χ1) is 11.1. The van der Waals surface area contributed by atoms with E-state index in [4.69, 9.17) is 19.9 Å². The summed E-state index contributed by atoms with van der Waals surface area (Å²) in [6.45, 7) is 7.57. The SMILES string of the molecule is COc1ccc(CN)c(OCCOc2c(C)ccc(C)c2C)c1. The molecule has 2 rings (SSSR count). The molecule has 0 bridgehead atoms. The van der Waals surface area contributed by atoms with Crippen molar-refractivity contribution in [2.45, 2.75) is 27.3 Å². The Morgan fingerprint density at radius 2 is 1.61 bits per heavy atom. The van der Waals surface area contributed by atoms with Crippen LogP contribution in [0.1, 0.15) is 22.3 Å². The van der Waals surface area contributed by atoms with Crippen molar-refractivity contribution in [3.05, 3.63) is 52.6 Å². The highest BCUT2D eigenvalue weighted by atomic mass is 16.5. The molecule has 0 heterocycles. The molecule has 23 heavy (non-hydrogen) atoms. The Kier molecular flexibility index (Phi) is 5.88. The van der Waals surface area contributed by atoms with Crippen LogP contribution in [0.2, 0.25) is 0 Å². The number of ether oxygens (including phenoxy) is 3. The van der Waals surface area contributed by atoms with Crippen LogP contribution in [0.15, 0.2) is 30.3 Å². The van der Waals surface area contributed by atoms with Crippen molar-refractivity contribution >= 4 is 0 Å². The average molecular weight is 315 g/mol. The molecule has 2 aromatic rings. The average Bonchev–Trinajstić information content (AvgIpc) is 2.57. The molecule has 2 aromatic carbocycles. The van der Waals surface area contributed by atoms with Crippen LogP contribution < -0.4 is 19.9 Å². The van der Waals surface area contributed by atoms with E-state index in [1.165, 1.54) is 11.1 Å². The Morgan fingerprint density at radius 3 is 2.30 bits per heavy atom. The summed E-state index contributed by atoms with van der Waals surface area (Å²) in [7, 11) is 1.63. The number of hydrogen-bond donors (Lipinski definition) is 1. The molecule has 0 saturated heterocycles. The van der Waals surface area contributed by atoms with Crippen molar-refractivity contribution in [1.82, 2.24) is 0 Å². The Labute approximate surface area is 138 Å². The maximum Gasteiger partial charge on any atom is 0.127 e. The first-order valence-corrected chi connectivity index (χ1v) is 7.76. The van der Waals surface area contributed by atoms with E-state index in [1.54, 1.807) is 7.11 Å². The highest BCUT2D eigenvalue weighted by Gasteiger charge is 2.08. The maximum absolute atomic E-state index is 5.91. The number of benzene rings is 2. The lowest BCUT2D eigenvalue weighted by molar-refractivity contribution is 0.213. The second-order valence-corrected chi connectivity index (χ2v) is 5.53. The Balaban J connectivity index is 1.97. The summed E-state index contributed by atoms with van der Waals surface area (Å²) in [6.07, 6.45) is 0. The van der Waals surface area contributed by atoms with Gasteiger partial charge in [0.05, 0.1) is 7.11 Å². The Bertz CT molecular complexity index is 668. The fourth-order valence-electron chi connectivity index (χ4n) is 2.41. The lowest BCUT2D eigenvalue weighted by Gasteiger charge is -2.15. The highest BCUT2D eigenvalue weighted by molar-refractivity contribution is 5.44. The molecule has 124 valence electrons. The number of methoxy groups -OCH3 is 1. The van der Waals surface area contributed by atoms with Gasteiger partial charge < -0.3 is 19.9 Å². The van der Waals surface area contributed by atoms with Crippen LogP contribution in [0.5, 0.6) is 17.2 Å². The minimum atomic E-state index is 0.427. The molecule has 0 aromatic heterocycles. The summed E-state index contributed by atoms with van der Waals surface area (Å²) >= 11 is 0. The van der Waals surface area contributed by atoms with Crippen molar-refractivity contribution in [3.8, 4) is 17.2 Å². The second-order valence-electron chi connectivity index (χ2n) is 5.53. The number of nitrogens with two attached hydrogens (primary N) is 1. The van der Waals surface area contributed by atoms with E-state index in [-0.39, 0.29) is 0 Å². The normalized spacial score (nSPS) is 10.5. The van der Waals surface area contributed by atoms with Gasteiger partial charge in [-0.15, -0.1) is 0 Å². The number of aryl methyl sites for hydroxylation is 2. The van der Waals surface area contributed by atoms with Gasteiger partial charge in [0.1, 0.15) is 30.5 Å². The van der Waals surface area contributed by atoms with E-state index in [1.807, 2.05) is 18.2 Å². The molecule has 0 radical (unpaired) electrons. The molecule has 0 aliphatic heterocycles. The standard InChI is InChI=1S/C19H25NO3/c1-13-5-6-14(2)19(15(13)3)23-10-9-22-18-11-17(21-4)8-7-16(18)12-20/h5-8,11H,9-10,12,20H2,1-4H3. The van der Waals surface area contributed by atoms with Gasteiger partial charge >= 0.3 is 0 Å². The second kappa shape index (κ2) is 7.88. The van der Waals surface area contributed by atoms with Crippen molar-refractivity contribution in [2.75, 3.05) is 20.3 Å². The van der Waals surface area contributed by atoms with Gasteiger partial charge in [-0.25, -0.2) is 0 Å². The zero-order valence-corrected chi connectivity index (χ0v) is 14.3. The quantitative estimate of drug-likeness (QED) is 0.794. The number of hydrogen-bond acceptors (Lipinski definition) is 4. The van der Waals surface area contributed by atoms with Crippen LogP contribution >= 0.6 is 0 Å². The van der Waals surface area contributed by atoms with Gasteiger partial charge in [0, 0.05) is 18.2 Å². The molecule has 4 nitrogen and oxygen atoms in total. The van der Waals surface area contributed by atoms with Gasteiger partial charge in [-0.2, -0.15) is 0 Å². The molecule has 0 spiro atoms. The summed E-state index contributed by atoms with van der Waals surface area (Å²) in [5, 5.41) is 0. The van der Waals surface area contributed by atoms with Crippen LogP contribution in [0.25, 0.3) is 0 Å². The highest BCUT2D eigenvalue weighted by Crippen LogP contribution is 2.26. The topological polar surface area (TPSA) is 53.7 Å². The predicted molar refractivity (Wildman–Crippen MR) is 92.5 cm³/mol. The third-order valence-electron chi connectivity index (χ3n) is 3.96. The summed E-state index contributed by atoms with van der Waals surface area (Å²) < 4.78 is 17.0. The molecular weight excluding hydrogens is 290 g/mol. The van der Waals surface area contributed by atoms with Crippen LogP contribution in [-0.2, 0) is 6.54 Å².